The maximum Gasteiger partial charge on any atom is 0.266 e. The highest BCUT2D eigenvalue weighted by Gasteiger charge is 2.21. The minimum atomic E-state index is -1.53. The molecule has 0 aliphatic heterocycles. The van der Waals surface area contributed by atoms with Crippen LogP contribution in [0, 0.1) is 5.92 Å². The molecule has 0 unspecified atom stereocenters. The van der Waals surface area contributed by atoms with Crippen molar-refractivity contribution in [3.63, 3.8) is 0 Å². The van der Waals surface area contributed by atoms with E-state index in [4.69, 9.17) is 4.74 Å². The first-order valence-corrected chi connectivity index (χ1v) is 11.9. The molecule has 1 saturated carbocycles. The van der Waals surface area contributed by atoms with Gasteiger partial charge in [-0.1, -0.05) is 76.8 Å². The Kier molecular flexibility index (Phi) is 12.0. The molecule has 3 heteroatoms. The van der Waals surface area contributed by atoms with Gasteiger partial charge in [-0.25, -0.2) is 0 Å². The zero-order valence-electron chi connectivity index (χ0n) is 18.3. The van der Waals surface area contributed by atoms with Gasteiger partial charge in [0, 0.05) is 0 Å². The van der Waals surface area contributed by atoms with Gasteiger partial charge in [-0.15, -0.1) is 0 Å². The number of unbranched alkanes of at least 4 members (excludes halogenated alkanes) is 9. The molecular formula is C26H40F2O. The molecule has 0 spiro atoms. The third-order valence-corrected chi connectivity index (χ3v) is 6.25. The maximum absolute atomic E-state index is 12.4. The number of hydrogen-bond acceptors (Lipinski definition) is 1. The lowest BCUT2D eigenvalue weighted by Crippen LogP contribution is -2.11. The largest absolute Gasteiger partial charge is 0.494 e. The Morgan fingerprint density at radius 3 is 1.93 bits per heavy atom. The molecular weight excluding hydrogens is 366 g/mol. The fourth-order valence-corrected chi connectivity index (χ4v) is 4.41. The van der Waals surface area contributed by atoms with Crippen LogP contribution in [0.25, 0.3) is 0 Å². The second-order valence-corrected chi connectivity index (χ2v) is 8.67. The summed E-state index contributed by atoms with van der Waals surface area (Å²) < 4.78 is 30.7. The number of rotatable bonds is 14. The van der Waals surface area contributed by atoms with E-state index in [1.54, 1.807) is 0 Å². The number of benzene rings is 1. The van der Waals surface area contributed by atoms with Crippen molar-refractivity contribution in [3.05, 3.63) is 42.0 Å². The minimum absolute atomic E-state index is 0.0555. The van der Waals surface area contributed by atoms with Crippen molar-refractivity contribution in [2.45, 2.75) is 103 Å². The number of allylic oxidation sites excluding steroid dienone is 1. The van der Waals surface area contributed by atoms with E-state index in [2.05, 4.69) is 31.2 Å². The van der Waals surface area contributed by atoms with E-state index in [-0.39, 0.29) is 5.92 Å². The summed E-state index contributed by atoms with van der Waals surface area (Å²) in [4.78, 5) is 0. The van der Waals surface area contributed by atoms with E-state index in [0.29, 0.717) is 5.92 Å². The Morgan fingerprint density at radius 1 is 0.828 bits per heavy atom. The summed E-state index contributed by atoms with van der Waals surface area (Å²) in [7, 11) is 0. The van der Waals surface area contributed by atoms with Gasteiger partial charge in [0.1, 0.15) is 5.75 Å². The number of hydrogen-bond donors (Lipinski definition) is 0. The van der Waals surface area contributed by atoms with Crippen molar-refractivity contribution in [2.24, 2.45) is 5.92 Å². The molecule has 0 aromatic heterocycles. The van der Waals surface area contributed by atoms with E-state index in [1.165, 1.54) is 63.4 Å². The summed E-state index contributed by atoms with van der Waals surface area (Å²) in [5.74, 6) is 1.50. The second-order valence-electron chi connectivity index (χ2n) is 8.67. The standard InChI is InChI=1S/C26H40F2O/c1-2-3-4-5-6-7-8-9-10-11-20-29-25-18-16-24(17-19-25)23-14-12-22(13-15-23)21-26(27)28/h16-19,21-23H,2-15,20H2,1H3. The predicted molar refractivity (Wildman–Crippen MR) is 119 cm³/mol. The first kappa shape index (κ1) is 23.9. The summed E-state index contributed by atoms with van der Waals surface area (Å²) in [6.45, 7) is 3.06. The molecule has 0 N–H and O–H groups in total. The topological polar surface area (TPSA) is 9.23 Å². The molecule has 1 fully saturated rings. The SMILES string of the molecule is CCCCCCCCCCCCOc1ccc(C2CCC(C=C(F)F)CC2)cc1. The van der Waals surface area contributed by atoms with Crippen LogP contribution in [0.5, 0.6) is 5.75 Å². The maximum atomic E-state index is 12.4. The molecule has 1 aliphatic rings. The van der Waals surface area contributed by atoms with Gasteiger partial charge in [0.05, 0.1) is 6.61 Å². The van der Waals surface area contributed by atoms with E-state index in [1.807, 2.05) is 0 Å². The van der Waals surface area contributed by atoms with Gasteiger partial charge in [0.15, 0.2) is 0 Å². The monoisotopic (exact) mass is 406 g/mol. The van der Waals surface area contributed by atoms with Crippen LogP contribution in [0.4, 0.5) is 8.78 Å². The molecule has 0 amide bonds. The number of ether oxygens (including phenoxy) is 1. The van der Waals surface area contributed by atoms with Crippen LogP contribution in [-0.4, -0.2) is 6.61 Å². The zero-order chi connectivity index (χ0) is 20.7. The molecule has 2 rings (SSSR count). The summed E-state index contributed by atoms with van der Waals surface area (Å²) in [6.07, 6.45) is 16.7. The van der Waals surface area contributed by atoms with Crippen LogP contribution in [-0.2, 0) is 0 Å². The van der Waals surface area contributed by atoms with Gasteiger partial charge < -0.3 is 4.74 Å². The van der Waals surface area contributed by atoms with Crippen molar-refractivity contribution >= 4 is 0 Å². The molecule has 0 heterocycles. The highest BCUT2D eigenvalue weighted by atomic mass is 19.3. The van der Waals surface area contributed by atoms with Crippen LogP contribution in [0.3, 0.4) is 0 Å². The van der Waals surface area contributed by atoms with Gasteiger partial charge in [-0.05, 0) is 67.7 Å². The van der Waals surface area contributed by atoms with Crippen LogP contribution in [0.15, 0.2) is 36.4 Å². The summed E-state index contributed by atoms with van der Waals surface area (Å²) >= 11 is 0. The highest BCUT2D eigenvalue weighted by Crippen LogP contribution is 2.37. The second kappa shape index (κ2) is 14.6. The van der Waals surface area contributed by atoms with Crippen LogP contribution in [0.2, 0.25) is 0 Å². The molecule has 1 aromatic rings. The van der Waals surface area contributed by atoms with Crippen LogP contribution >= 0.6 is 0 Å². The lowest BCUT2D eigenvalue weighted by molar-refractivity contribution is 0.304. The van der Waals surface area contributed by atoms with E-state index < -0.39 is 6.08 Å². The highest BCUT2D eigenvalue weighted by molar-refractivity contribution is 5.29. The quantitative estimate of drug-likeness (QED) is 0.280. The Hall–Kier alpha value is -1.38. The van der Waals surface area contributed by atoms with Crippen molar-refractivity contribution in [1.82, 2.24) is 0 Å². The molecule has 0 saturated heterocycles. The van der Waals surface area contributed by atoms with Gasteiger partial charge in [0.25, 0.3) is 6.08 Å². The molecule has 0 bridgehead atoms. The zero-order valence-corrected chi connectivity index (χ0v) is 18.3. The van der Waals surface area contributed by atoms with Crippen molar-refractivity contribution in [1.29, 1.82) is 0 Å². The molecule has 0 radical (unpaired) electrons. The number of halogens is 2. The fourth-order valence-electron chi connectivity index (χ4n) is 4.41. The predicted octanol–water partition coefficient (Wildman–Crippen LogP) is 9.04. The Balaban J connectivity index is 1.53. The molecule has 29 heavy (non-hydrogen) atoms. The summed E-state index contributed by atoms with van der Waals surface area (Å²) in [5, 5.41) is 0. The third-order valence-electron chi connectivity index (χ3n) is 6.25. The molecule has 1 nitrogen and oxygen atoms in total. The smallest absolute Gasteiger partial charge is 0.266 e. The van der Waals surface area contributed by atoms with E-state index >= 15 is 0 Å². The Bertz CT molecular complexity index is 555. The van der Waals surface area contributed by atoms with Crippen molar-refractivity contribution in [2.75, 3.05) is 6.61 Å². The Morgan fingerprint density at radius 2 is 1.38 bits per heavy atom. The lowest BCUT2D eigenvalue weighted by Gasteiger charge is -2.26. The minimum Gasteiger partial charge on any atom is -0.494 e. The lowest BCUT2D eigenvalue weighted by atomic mass is 9.79. The van der Waals surface area contributed by atoms with Gasteiger partial charge >= 0.3 is 0 Å². The third kappa shape index (κ3) is 10.3. The Labute approximate surface area is 176 Å². The normalized spacial score (nSPS) is 19.1. The molecule has 0 atom stereocenters. The first-order valence-electron chi connectivity index (χ1n) is 11.9. The fraction of sp³-hybridized carbons (Fsp3) is 0.692. The first-order chi connectivity index (χ1) is 14.2. The van der Waals surface area contributed by atoms with Crippen LogP contribution in [0.1, 0.15) is 108 Å². The van der Waals surface area contributed by atoms with Crippen LogP contribution < -0.4 is 4.74 Å². The van der Waals surface area contributed by atoms with Gasteiger partial charge in [-0.2, -0.15) is 8.78 Å². The van der Waals surface area contributed by atoms with E-state index in [0.717, 1.165) is 50.5 Å². The van der Waals surface area contributed by atoms with Crippen molar-refractivity contribution in [3.8, 4) is 5.75 Å². The summed E-state index contributed by atoms with van der Waals surface area (Å²) in [5.41, 5.74) is 1.32. The molecule has 1 aliphatic carbocycles. The average Bonchev–Trinajstić information content (AvgIpc) is 2.73. The molecule has 164 valence electrons. The van der Waals surface area contributed by atoms with Gasteiger partial charge in [0.2, 0.25) is 0 Å². The van der Waals surface area contributed by atoms with E-state index in [9.17, 15) is 8.78 Å². The average molecular weight is 407 g/mol. The summed E-state index contributed by atoms with van der Waals surface area (Å²) in [6, 6.07) is 8.45. The van der Waals surface area contributed by atoms with Gasteiger partial charge in [-0.3, -0.25) is 0 Å². The molecule has 1 aromatic carbocycles. The van der Waals surface area contributed by atoms with Crippen molar-refractivity contribution < 1.29 is 13.5 Å².